The topological polar surface area (TPSA) is 40.5 Å². The van der Waals surface area contributed by atoms with Crippen LogP contribution in [0.25, 0.3) is 0 Å². The summed E-state index contributed by atoms with van der Waals surface area (Å²) < 4.78 is 13.6. The third-order valence-corrected chi connectivity index (χ3v) is 3.48. The van der Waals surface area contributed by atoms with Crippen LogP contribution in [0.5, 0.6) is 0 Å². The van der Waals surface area contributed by atoms with E-state index in [1.54, 1.807) is 6.07 Å². The van der Waals surface area contributed by atoms with Crippen LogP contribution >= 0.6 is 0 Å². The second kappa shape index (κ2) is 6.66. The molecule has 1 aromatic rings. The Kier molecular flexibility index (Phi) is 4.91. The van der Waals surface area contributed by atoms with Crippen molar-refractivity contribution in [3.63, 3.8) is 0 Å². The fourth-order valence-corrected chi connectivity index (χ4v) is 2.27. The summed E-state index contributed by atoms with van der Waals surface area (Å²) in [6, 6.07) is 7.43. The lowest BCUT2D eigenvalue weighted by atomic mass is 10.1. The molecule has 1 saturated carbocycles. The van der Waals surface area contributed by atoms with Crippen molar-refractivity contribution < 1.29 is 14.3 Å². The van der Waals surface area contributed by atoms with Gasteiger partial charge in [-0.15, -0.1) is 0 Å². The second-order valence-electron chi connectivity index (χ2n) is 5.14. The van der Waals surface area contributed by atoms with Crippen LogP contribution in [-0.2, 0) is 11.3 Å². The molecule has 1 aromatic carbocycles. The maximum Gasteiger partial charge on any atom is 0.303 e. The fourth-order valence-electron chi connectivity index (χ4n) is 2.27. The molecule has 104 valence electrons. The van der Waals surface area contributed by atoms with Gasteiger partial charge in [0.15, 0.2) is 0 Å². The summed E-state index contributed by atoms with van der Waals surface area (Å²) in [7, 11) is 0. The number of carbonyl (C=O) groups is 1. The maximum atomic E-state index is 13.6. The average molecular weight is 265 g/mol. The van der Waals surface area contributed by atoms with Crippen molar-refractivity contribution in [2.75, 3.05) is 6.54 Å². The van der Waals surface area contributed by atoms with Gasteiger partial charge in [-0.05, 0) is 38.3 Å². The van der Waals surface area contributed by atoms with Gasteiger partial charge in [0.2, 0.25) is 0 Å². The van der Waals surface area contributed by atoms with E-state index < -0.39 is 5.97 Å². The zero-order valence-corrected chi connectivity index (χ0v) is 11.0. The molecule has 0 unspecified atom stereocenters. The van der Waals surface area contributed by atoms with Crippen molar-refractivity contribution >= 4 is 5.97 Å². The molecule has 0 radical (unpaired) electrons. The molecular weight excluding hydrogens is 245 g/mol. The van der Waals surface area contributed by atoms with Gasteiger partial charge < -0.3 is 5.11 Å². The van der Waals surface area contributed by atoms with Crippen LogP contribution in [0.2, 0.25) is 0 Å². The minimum absolute atomic E-state index is 0.154. The molecule has 0 saturated heterocycles. The maximum absolute atomic E-state index is 13.6. The predicted octanol–water partition coefficient (Wildman–Crippen LogP) is 3.05. The third-order valence-electron chi connectivity index (χ3n) is 3.48. The average Bonchev–Trinajstić information content (AvgIpc) is 3.19. The molecule has 0 aromatic heterocycles. The molecule has 0 aliphatic heterocycles. The SMILES string of the molecule is O=C(O)CCCCN(Cc1ccccc1F)C1CC1. The van der Waals surface area contributed by atoms with Crippen molar-refractivity contribution in [3.8, 4) is 0 Å². The highest BCUT2D eigenvalue weighted by Crippen LogP contribution is 2.29. The molecule has 0 spiro atoms. The second-order valence-corrected chi connectivity index (χ2v) is 5.14. The molecule has 1 aliphatic rings. The fraction of sp³-hybridized carbons (Fsp3) is 0.533. The van der Waals surface area contributed by atoms with E-state index in [0.29, 0.717) is 19.0 Å². The minimum Gasteiger partial charge on any atom is -0.481 e. The van der Waals surface area contributed by atoms with Crippen molar-refractivity contribution in [3.05, 3.63) is 35.6 Å². The highest BCUT2D eigenvalue weighted by atomic mass is 19.1. The molecule has 1 aliphatic carbocycles. The monoisotopic (exact) mass is 265 g/mol. The Labute approximate surface area is 113 Å². The number of carboxylic acid groups (broad SMARTS) is 1. The molecule has 0 heterocycles. The van der Waals surface area contributed by atoms with Crippen LogP contribution in [0.3, 0.4) is 0 Å². The van der Waals surface area contributed by atoms with Gasteiger partial charge in [-0.25, -0.2) is 4.39 Å². The Morgan fingerprint density at radius 3 is 2.68 bits per heavy atom. The van der Waals surface area contributed by atoms with Crippen LogP contribution in [0.1, 0.15) is 37.7 Å². The van der Waals surface area contributed by atoms with Gasteiger partial charge in [-0.1, -0.05) is 18.2 Å². The van der Waals surface area contributed by atoms with Gasteiger partial charge in [0.1, 0.15) is 5.82 Å². The first-order valence-corrected chi connectivity index (χ1v) is 6.86. The van der Waals surface area contributed by atoms with Gasteiger partial charge in [-0.2, -0.15) is 0 Å². The van der Waals surface area contributed by atoms with Crippen molar-refractivity contribution in [1.82, 2.24) is 4.90 Å². The van der Waals surface area contributed by atoms with Crippen LogP contribution in [0, 0.1) is 5.82 Å². The summed E-state index contributed by atoms with van der Waals surface area (Å²) >= 11 is 0. The molecule has 4 heteroatoms. The van der Waals surface area contributed by atoms with Crippen LogP contribution in [-0.4, -0.2) is 28.6 Å². The molecule has 19 heavy (non-hydrogen) atoms. The number of rotatable bonds is 8. The van der Waals surface area contributed by atoms with Crippen molar-refractivity contribution in [2.45, 2.75) is 44.7 Å². The van der Waals surface area contributed by atoms with Gasteiger partial charge in [0.25, 0.3) is 0 Å². The van der Waals surface area contributed by atoms with Crippen LogP contribution in [0.15, 0.2) is 24.3 Å². The highest BCUT2D eigenvalue weighted by Gasteiger charge is 2.28. The Hall–Kier alpha value is -1.42. The largest absolute Gasteiger partial charge is 0.481 e. The molecule has 2 rings (SSSR count). The van der Waals surface area contributed by atoms with E-state index >= 15 is 0 Å². The molecular formula is C15H20FNO2. The molecule has 0 amide bonds. The Morgan fingerprint density at radius 1 is 1.32 bits per heavy atom. The first kappa shape index (κ1) is 14.0. The van der Waals surface area contributed by atoms with Crippen molar-refractivity contribution in [1.29, 1.82) is 0 Å². The smallest absolute Gasteiger partial charge is 0.303 e. The number of nitrogens with zero attached hydrogens (tertiary/aromatic N) is 1. The first-order chi connectivity index (χ1) is 9.16. The summed E-state index contributed by atoms with van der Waals surface area (Å²) in [5.41, 5.74) is 0.729. The molecule has 0 bridgehead atoms. The van der Waals surface area contributed by atoms with E-state index in [-0.39, 0.29) is 12.2 Å². The molecule has 0 atom stereocenters. The predicted molar refractivity (Wildman–Crippen MR) is 71.3 cm³/mol. The van der Waals surface area contributed by atoms with E-state index in [9.17, 15) is 9.18 Å². The van der Waals surface area contributed by atoms with E-state index in [0.717, 1.165) is 18.5 Å². The standard InChI is InChI=1S/C15H20FNO2/c16-14-6-2-1-5-12(14)11-17(13-8-9-13)10-4-3-7-15(18)19/h1-2,5-6,13H,3-4,7-11H2,(H,18,19). The van der Waals surface area contributed by atoms with Gasteiger partial charge in [0, 0.05) is 24.6 Å². The minimum atomic E-state index is -0.743. The Morgan fingerprint density at radius 2 is 2.05 bits per heavy atom. The zero-order valence-electron chi connectivity index (χ0n) is 11.0. The van der Waals surface area contributed by atoms with E-state index in [4.69, 9.17) is 5.11 Å². The number of hydrogen-bond acceptors (Lipinski definition) is 2. The van der Waals surface area contributed by atoms with E-state index in [1.807, 2.05) is 12.1 Å². The highest BCUT2D eigenvalue weighted by molar-refractivity contribution is 5.66. The zero-order chi connectivity index (χ0) is 13.7. The molecule has 1 N–H and O–H groups in total. The van der Waals surface area contributed by atoms with Crippen LogP contribution < -0.4 is 0 Å². The summed E-state index contributed by atoms with van der Waals surface area (Å²) in [5.74, 6) is -0.897. The molecule has 1 fully saturated rings. The number of carboxylic acids is 1. The lowest BCUT2D eigenvalue weighted by Gasteiger charge is -2.22. The van der Waals surface area contributed by atoms with E-state index in [1.165, 1.54) is 18.9 Å². The number of unbranched alkanes of at least 4 members (excludes halogenated alkanes) is 1. The number of benzene rings is 1. The first-order valence-electron chi connectivity index (χ1n) is 6.86. The van der Waals surface area contributed by atoms with Gasteiger partial charge in [-0.3, -0.25) is 9.69 Å². The normalized spacial score (nSPS) is 14.8. The van der Waals surface area contributed by atoms with Gasteiger partial charge >= 0.3 is 5.97 Å². The quantitative estimate of drug-likeness (QED) is 0.734. The Bertz CT molecular complexity index is 432. The summed E-state index contributed by atoms with van der Waals surface area (Å²) in [6.07, 6.45) is 4.12. The molecule has 3 nitrogen and oxygen atoms in total. The summed E-state index contributed by atoms with van der Waals surface area (Å²) in [6.45, 7) is 1.48. The number of aliphatic carboxylic acids is 1. The lowest BCUT2D eigenvalue weighted by molar-refractivity contribution is -0.137. The Balaban J connectivity index is 1.83. The van der Waals surface area contributed by atoms with E-state index in [2.05, 4.69) is 4.90 Å². The number of hydrogen-bond donors (Lipinski definition) is 1. The van der Waals surface area contributed by atoms with Gasteiger partial charge in [0.05, 0.1) is 0 Å². The lowest BCUT2D eigenvalue weighted by Crippen LogP contribution is -2.27. The van der Waals surface area contributed by atoms with Crippen molar-refractivity contribution in [2.24, 2.45) is 0 Å². The summed E-state index contributed by atoms with van der Waals surface area (Å²) in [5, 5.41) is 8.61. The summed E-state index contributed by atoms with van der Waals surface area (Å²) in [4.78, 5) is 12.7. The third kappa shape index (κ3) is 4.63. The van der Waals surface area contributed by atoms with Crippen LogP contribution in [0.4, 0.5) is 4.39 Å². The number of halogens is 1.